The van der Waals surface area contributed by atoms with Gasteiger partial charge in [-0.1, -0.05) is 42.5 Å². The van der Waals surface area contributed by atoms with E-state index in [1.165, 1.54) is 12.4 Å². The molecular formula is C28H29N5O5. The summed E-state index contributed by atoms with van der Waals surface area (Å²) in [6.45, 7) is 2.07. The minimum atomic E-state index is -1.29. The molecule has 0 aliphatic rings. The monoisotopic (exact) mass is 515 g/mol. The Hall–Kier alpha value is -4.51. The first-order chi connectivity index (χ1) is 18.4. The highest BCUT2D eigenvalue weighted by molar-refractivity contribution is 5.98. The van der Waals surface area contributed by atoms with Gasteiger partial charge in [-0.15, -0.1) is 0 Å². The second-order valence-electron chi connectivity index (χ2n) is 8.83. The molecule has 10 nitrogen and oxygen atoms in total. The molecule has 2 atom stereocenters. The summed E-state index contributed by atoms with van der Waals surface area (Å²) in [5.74, 6) is -1.64. The summed E-state index contributed by atoms with van der Waals surface area (Å²) in [6.07, 6.45) is 0.745. The number of amides is 3. The highest BCUT2D eigenvalue weighted by Gasteiger charge is 2.25. The van der Waals surface area contributed by atoms with Gasteiger partial charge in [0, 0.05) is 34.9 Å². The lowest BCUT2D eigenvalue weighted by Gasteiger charge is -2.19. The van der Waals surface area contributed by atoms with Gasteiger partial charge in [-0.25, -0.2) is 5.48 Å². The van der Waals surface area contributed by atoms with Gasteiger partial charge in [-0.3, -0.25) is 19.6 Å². The number of hydrogen-bond acceptors (Lipinski definition) is 6. The largest absolute Gasteiger partial charge is 0.391 e. The molecule has 0 saturated heterocycles. The van der Waals surface area contributed by atoms with Crippen molar-refractivity contribution in [3.05, 3.63) is 90.1 Å². The number of aliphatic hydroxyl groups excluding tert-OH is 1. The van der Waals surface area contributed by atoms with Gasteiger partial charge in [0.05, 0.1) is 12.6 Å². The first kappa shape index (κ1) is 26.6. The van der Waals surface area contributed by atoms with Gasteiger partial charge >= 0.3 is 0 Å². The zero-order valence-corrected chi connectivity index (χ0v) is 20.7. The van der Waals surface area contributed by atoms with Crippen LogP contribution in [0.4, 0.5) is 5.69 Å². The number of hydroxylamine groups is 1. The van der Waals surface area contributed by atoms with Gasteiger partial charge in [-0.05, 0) is 53.9 Å². The number of anilines is 1. The fourth-order valence-corrected chi connectivity index (χ4v) is 4.05. The normalized spacial score (nSPS) is 12.5. The number of benzene rings is 3. The van der Waals surface area contributed by atoms with Gasteiger partial charge in [0.15, 0.2) is 0 Å². The maximum absolute atomic E-state index is 12.4. The van der Waals surface area contributed by atoms with Crippen molar-refractivity contribution in [2.75, 3.05) is 11.9 Å². The lowest BCUT2D eigenvalue weighted by molar-refractivity contribution is -0.133. The van der Waals surface area contributed by atoms with Crippen molar-refractivity contribution in [1.82, 2.24) is 21.1 Å². The third-order valence-corrected chi connectivity index (χ3v) is 6.09. The van der Waals surface area contributed by atoms with E-state index in [9.17, 15) is 19.5 Å². The number of H-pyrrole nitrogens is 1. The fraction of sp³-hybridized carbons (Fsp3) is 0.179. The lowest BCUT2D eigenvalue weighted by Crippen LogP contribution is -2.51. The summed E-state index contributed by atoms with van der Waals surface area (Å²) >= 11 is 0. The van der Waals surface area contributed by atoms with Crippen molar-refractivity contribution in [3.8, 4) is 11.1 Å². The highest BCUT2D eigenvalue weighted by Crippen LogP contribution is 2.22. The molecule has 196 valence electrons. The van der Waals surface area contributed by atoms with Crippen LogP contribution in [0.1, 0.15) is 22.8 Å². The standard InChI is InChI=1S/C28H29N5O5/c1-17(34)26(28(37)33-38)32-27(36)20-8-6-18(7-9-20)19-10-12-22(13-11-19)31-25(35)16-29-14-21-15-30-24-5-3-2-4-23(21)24/h2-13,15,17,26,29-30,34,38H,14,16H2,1H3,(H,31,35)(H,32,36)(H,33,37)/t17-,26+/m1/s1. The van der Waals surface area contributed by atoms with E-state index in [1.807, 2.05) is 42.6 Å². The van der Waals surface area contributed by atoms with E-state index in [-0.39, 0.29) is 18.0 Å². The maximum atomic E-state index is 12.4. The molecule has 10 heteroatoms. The average Bonchev–Trinajstić information content (AvgIpc) is 3.34. The third-order valence-electron chi connectivity index (χ3n) is 6.09. The van der Waals surface area contributed by atoms with Crippen LogP contribution in [0.15, 0.2) is 79.0 Å². The van der Waals surface area contributed by atoms with E-state index >= 15 is 0 Å². The molecule has 1 heterocycles. The van der Waals surface area contributed by atoms with Crippen LogP contribution in [-0.4, -0.2) is 51.7 Å². The summed E-state index contributed by atoms with van der Waals surface area (Å²) in [5, 5.41) is 28.0. The first-order valence-electron chi connectivity index (χ1n) is 12.0. The molecule has 7 N–H and O–H groups in total. The van der Waals surface area contributed by atoms with Crippen molar-refractivity contribution in [2.24, 2.45) is 0 Å². The van der Waals surface area contributed by atoms with E-state index < -0.39 is 24.0 Å². The predicted octanol–water partition coefficient (Wildman–Crippen LogP) is 2.55. The number of para-hydroxylation sites is 1. The zero-order chi connectivity index (χ0) is 27.1. The number of fused-ring (bicyclic) bond motifs is 1. The summed E-state index contributed by atoms with van der Waals surface area (Å²) in [7, 11) is 0. The topological polar surface area (TPSA) is 156 Å². The number of carbonyl (C=O) groups excluding carboxylic acids is 3. The highest BCUT2D eigenvalue weighted by atomic mass is 16.5. The molecular weight excluding hydrogens is 486 g/mol. The number of carbonyl (C=O) groups is 3. The van der Waals surface area contributed by atoms with E-state index in [0.717, 1.165) is 27.6 Å². The van der Waals surface area contributed by atoms with E-state index in [2.05, 4.69) is 20.9 Å². The number of nitrogens with one attached hydrogen (secondary N) is 5. The van der Waals surface area contributed by atoms with E-state index in [0.29, 0.717) is 12.2 Å². The van der Waals surface area contributed by atoms with Crippen LogP contribution in [0.5, 0.6) is 0 Å². The predicted molar refractivity (Wildman–Crippen MR) is 143 cm³/mol. The van der Waals surface area contributed by atoms with E-state index in [1.54, 1.807) is 36.4 Å². The Morgan fingerprint density at radius 1 is 0.921 bits per heavy atom. The number of aromatic amines is 1. The van der Waals surface area contributed by atoms with Crippen LogP contribution in [-0.2, 0) is 16.1 Å². The second-order valence-corrected chi connectivity index (χ2v) is 8.83. The van der Waals surface area contributed by atoms with Crippen molar-refractivity contribution >= 4 is 34.3 Å². The molecule has 0 aliphatic carbocycles. The smallest absolute Gasteiger partial charge is 0.268 e. The molecule has 0 saturated carbocycles. The average molecular weight is 516 g/mol. The molecule has 0 spiro atoms. The Morgan fingerprint density at radius 2 is 1.58 bits per heavy atom. The Balaban J connectivity index is 1.29. The Bertz CT molecular complexity index is 1410. The van der Waals surface area contributed by atoms with E-state index in [4.69, 9.17) is 5.21 Å². The van der Waals surface area contributed by atoms with Gasteiger partial charge in [0.25, 0.3) is 11.8 Å². The lowest BCUT2D eigenvalue weighted by atomic mass is 10.0. The molecule has 3 aromatic carbocycles. The maximum Gasteiger partial charge on any atom is 0.268 e. The first-order valence-corrected chi connectivity index (χ1v) is 12.0. The molecule has 0 fully saturated rings. The van der Waals surface area contributed by atoms with Crippen LogP contribution in [0, 0.1) is 0 Å². The van der Waals surface area contributed by atoms with Gasteiger partial charge in [-0.2, -0.15) is 0 Å². The van der Waals surface area contributed by atoms with Gasteiger partial charge in [0.1, 0.15) is 6.04 Å². The Kier molecular flexibility index (Phi) is 8.49. The Morgan fingerprint density at radius 3 is 2.24 bits per heavy atom. The summed E-state index contributed by atoms with van der Waals surface area (Å²) in [4.78, 5) is 39.7. The third kappa shape index (κ3) is 6.43. The van der Waals surface area contributed by atoms with Crippen molar-refractivity contribution in [1.29, 1.82) is 0 Å². The molecule has 38 heavy (non-hydrogen) atoms. The number of rotatable bonds is 10. The molecule has 0 radical (unpaired) electrons. The second kappa shape index (κ2) is 12.2. The number of aromatic nitrogens is 1. The van der Waals surface area contributed by atoms with Crippen LogP contribution in [0.3, 0.4) is 0 Å². The van der Waals surface area contributed by atoms with Crippen molar-refractivity contribution in [3.63, 3.8) is 0 Å². The molecule has 0 bridgehead atoms. The fourth-order valence-electron chi connectivity index (χ4n) is 4.05. The molecule has 1 aromatic heterocycles. The van der Waals surface area contributed by atoms with Crippen molar-refractivity contribution in [2.45, 2.75) is 25.6 Å². The van der Waals surface area contributed by atoms with Crippen molar-refractivity contribution < 1.29 is 24.7 Å². The van der Waals surface area contributed by atoms with Crippen LogP contribution >= 0.6 is 0 Å². The molecule has 0 aliphatic heterocycles. The van der Waals surface area contributed by atoms with Crippen LogP contribution < -0.4 is 21.4 Å². The Labute approximate surface area is 219 Å². The molecule has 3 amide bonds. The van der Waals surface area contributed by atoms with Crippen LogP contribution in [0.25, 0.3) is 22.0 Å². The minimum absolute atomic E-state index is 0.154. The molecule has 0 unspecified atom stereocenters. The SMILES string of the molecule is C[C@@H](O)[C@H](NC(=O)c1ccc(-c2ccc(NC(=O)CNCc3c[nH]c4ccccc34)cc2)cc1)C(=O)NO. The minimum Gasteiger partial charge on any atom is -0.391 e. The summed E-state index contributed by atoms with van der Waals surface area (Å²) in [6, 6.07) is 20.7. The number of aliphatic hydroxyl groups is 1. The molecule has 4 rings (SSSR count). The van der Waals surface area contributed by atoms with Gasteiger partial charge < -0.3 is 26.0 Å². The zero-order valence-electron chi connectivity index (χ0n) is 20.7. The number of hydrogen-bond donors (Lipinski definition) is 7. The quantitative estimate of drug-likeness (QED) is 0.127. The van der Waals surface area contributed by atoms with Crippen LogP contribution in [0.2, 0.25) is 0 Å². The summed E-state index contributed by atoms with van der Waals surface area (Å²) in [5.41, 5.74) is 6.26. The van der Waals surface area contributed by atoms with Gasteiger partial charge in [0.2, 0.25) is 5.91 Å². The molecule has 4 aromatic rings. The summed E-state index contributed by atoms with van der Waals surface area (Å²) < 4.78 is 0.